The van der Waals surface area contributed by atoms with Crippen molar-refractivity contribution in [1.29, 1.82) is 0 Å². The van der Waals surface area contributed by atoms with Crippen LogP contribution in [-0.4, -0.2) is 30.9 Å². The summed E-state index contributed by atoms with van der Waals surface area (Å²) in [5.74, 6) is -2.22. The van der Waals surface area contributed by atoms with Gasteiger partial charge in [0.1, 0.15) is 27.2 Å². The van der Waals surface area contributed by atoms with Gasteiger partial charge in [-0.15, -0.1) is 24.5 Å². The van der Waals surface area contributed by atoms with Crippen LogP contribution in [0.25, 0.3) is 10.6 Å². The van der Waals surface area contributed by atoms with Crippen LogP contribution in [0.4, 0.5) is 30.7 Å². The maximum atomic E-state index is 13.7. The van der Waals surface area contributed by atoms with E-state index in [4.69, 9.17) is 4.74 Å². The average Bonchev–Trinajstić information content (AvgIpc) is 3.19. The number of alkyl halides is 6. The highest BCUT2D eigenvalue weighted by molar-refractivity contribution is 7.17. The molecule has 1 heterocycles. The molecule has 182 valence electrons. The minimum atomic E-state index is -4.97. The van der Waals surface area contributed by atoms with Crippen molar-refractivity contribution in [2.24, 2.45) is 0 Å². The molecule has 0 aliphatic carbocycles. The highest BCUT2D eigenvalue weighted by atomic mass is 32.1. The molecule has 1 aromatic heterocycles. The summed E-state index contributed by atoms with van der Waals surface area (Å²) in [6.07, 6.45) is -9.83. The average molecular weight is 508 g/mol. The Morgan fingerprint density at radius 3 is 2.47 bits per heavy atom. The molecule has 0 atom stereocenters. The number of carbonyl (C=O) groups excluding carboxylic acids is 1. The molecule has 3 aromatic rings. The van der Waals surface area contributed by atoms with Gasteiger partial charge in [-0.2, -0.15) is 13.2 Å². The number of nitrogens with one attached hydrogen (secondary N) is 1. The summed E-state index contributed by atoms with van der Waals surface area (Å²) in [6, 6.07) is 8.18. The summed E-state index contributed by atoms with van der Waals surface area (Å²) in [5.41, 5.74) is -1.15. The van der Waals surface area contributed by atoms with Crippen LogP contribution in [0.2, 0.25) is 0 Å². The second kappa shape index (κ2) is 9.87. The fourth-order valence-electron chi connectivity index (χ4n) is 2.93. The van der Waals surface area contributed by atoms with Crippen LogP contribution in [0.1, 0.15) is 20.9 Å². The van der Waals surface area contributed by atoms with Crippen LogP contribution >= 0.6 is 11.3 Å². The summed E-state index contributed by atoms with van der Waals surface area (Å²) >= 11 is 0.406. The molecule has 0 fully saturated rings. The lowest BCUT2D eigenvalue weighted by atomic mass is 10.1. The van der Waals surface area contributed by atoms with Gasteiger partial charge in [0.2, 0.25) is 0 Å². The molecule has 0 aliphatic rings. The van der Waals surface area contributed by atoms with E-state index in [9.17, 15) is 35.5 Å². The van der Waals surface area contributed by atoms with Gasteiger partial charge in [-0.3, -0.25) is 4.79 Å². The topological polar surface area (TPSA) is 60.5 Å². The first-order valence-corrected chi connectivity index (χ1v) is 10.2. The van der Waals surface area contributed by atoms with Crippen LogP contribution in [0.15, 0.2) is 42.5 Å². The highest BCUT2D eigenvalue weighted by Crippen LogP contribution is 2.40. The van der Waals surface area contributed by atoms with Gasteiger partial charge in [-0.25, -0.2) is 9.37 Å². The van der Waals surface area contributed by atoms with E-state index in [0.29, 0.717) is 16.9 Å². The van der Waals surface area contributed by atoms with Gasteiger partial charge in [0.05, 0.1) is 12.7 Å². The summed E-state index contributed by atoms with van der Waals surface area (Å²) in [4.78, 5) is 15.3. The van der Waals surface area contributed by atoms with Crippen LogP contribution in [0.3, 0.4) is 0 Å². The first-order chi connectivity index (χ1) is 15.9. The van der Waals surface area contributed by atoms with Crippen molar-refractivity contribution in [1.82, 2.24) is 10.3 Å². The van der Waals surface area contributed by atoms with Gasteiger partial charge in [0, 0.05) is 6.54 Å². The molecule has 1 amide bonds. The molecule has 0 radical (unpaired) electrons. The molecule has 0 saturated heterocycles. The lowest BCUT2D eigenvalue weighted by molar-refractivity contribution is -0.274. The number of halogens is 7. The van der Waals surface area contributed by atoms with Crippen molar-refractivity contribution >= 4 is 17.2 Å². The van der Waals surface area contributed by atoms with E-state index in [1.54, 1.807) is 0 Å². The number of hydrogen-bond acceptors (Lipinski definition) is 5. The van der Waals surface area contributed by atoms with Gasteiger partial charge >= 0.3 is 12.5 Å². The molecular weight excluding hydrogens is 493 g/mol. The zero-order valence-corrected chi connectivity index (χ0v) is 18.0. The molecule has 0 bridgehead atoms. The Balaban J connectivity index is 1.79. The number of carbonyl (C=O) groups is 1. The smallest absolute Gasteiger partial charge is 0.496 e. The number of thiazole rings is 1. The molecule has 34 heavy (non-hydrogen) atoms. The van der Waals surface area contributed by atoms with Gasteiger partial charge in [0.25, 0.3) is 5.91 Å². The molecule has 0 unspecified atom stereocenters. The molecule has 2 aromatic carbocycles. The third-order valence-corrected chi connectivity index (χ3v) is 5.41. The summed E-state index contributed by atoms with van der Waals surface area (Å²) in [7, 11) is 1.25. The van der Waals surface area contributed by atoms with Gasteiger partial charge < -0.3 is 14.8 Å². The van der Waals surface area contributed by atoms with Crippen LogP contribution in [-0.2, 0) is 12.6 Å². The standard InChI is InChI=1S/C21H15F7N2O3S/c1-32-15-6-5-12(22)10-14(15)19-30-17(20(23,24)25)16(34-19)18(31)29-8-7-11-3-2-4-13(9-11)33-21(26,27)28/h2-6,9-10H,7-8H2,1H3,(H,29,31). The Labute approximate surface area is 192 Å². The minimum absolute atomic E-state index is 0.0194. The predicted octanol–water partition coefficient (Wildman–Crippen LogP) is 5.85. The van der Waals surface area contributed by atoms with Crippen molar-refractivity contribution in [2.45, 2.75) is 19.0 Å². The molecule has 0 aliphatic heterocycles. The third kappa shape index (κ3) is 6.37. The maximum absolute atomic E-state index is 13.7. The third-order valence-electron chi connectivity index (χ3n) is 4.33. The fourth-order valence-corrected chi connectivity index (χ4v) is 3.95. The van der Waals surface area contributed by atoms with E-state index >= 15 is 0 Å². The Bertz CT molecular complexity index is 1180. The number of rotatable bonds is 7. The Morgan fingerprint density at radius 1 is 1.09 bits per heavy atom. The number of amides is 1. The first-order valence-electron chi connectivity index (χ1n) is 9.42. The molecule has 1 N–H and O–H groups in total. The number of nitrogens with zero attached hydrogens (tertiary/aromatic N) is 1. The minimum Gasteiger partial charge on any atom is -0.496 e. The number of ether oxygens (including phenoxy) is 2. The second-order valence-electron chi connectivity index (χ2n) is 6.74. The molecule has 0 spiro atoms. The van der Waals surface area contributed by atoms with Gasteiger partial charge in [-0.05, 0) is 42.3 Å². The van der Waals surface area contributed by atoms with Crippen LogP contribution in [0.5, 0.6) is 11.5 Å². The zero-order chi connectivity index (χ0) is 25.1. The highest BCUT2D eigenvalue weighted by Gasteiger charge is 2.40. The lowest BCUT2D eigenvalue weighted by Crippen LogP contribution is -2.27. The Kier molecular flexibility index (Phi) is 7.34. The fraction of sp³-hybridized carbons (Fsp3) is 0.238. The number of methoxy groups -OCH3 is 1. The van der Waals surface area contributed by atoms with Crippen LogP contribution < -0.4 is 14.8 Å². The Morgan fingerprint density at radius 2 is 1.82 bits per heavy atom. The zero-order valence-electron chi connectivity index (χ0n) is 17.2. The number of hydrogen-bond donors (Lipinski definition) is 1. The molecule has 0 saturated carbocycles. The molecule has 5 nitrogen and oxygen atoms in total. The van der Waals surface area contributed by atoms with Crippen molar-refractivity contribution in [3.05, 3.63) is 64.4 Å². The van der Waals surface area contributed by atoms with E-state index in [1.807, 2.05) is 0 Å². The Hall–Kier alpha value is -3.35. The normalized spacial score (nSPS) is 11.9. The van der Waals surface area contributed by atoms with Crippen molar-refractivity contribution in [3.63, 3.8) is 0 Å². The van der Waals surface area contributed by atoms with Gasteiger partial charge in [0.15, 0.2) is 5.69 Å². The monoisotopic (exact) mass is 508 g/mol. The van der Waals surface area contributed by atoms with E-state index in [0.717, 1.165) is 24.3 Å². The molecule has 13 heteroatoms. The largest absolute Gasteiger partial charge is 0.573 e. The van der Waals surface area contributed by atoms with Crippen molar-refractivity contribution in [2.75, 3.05) is 13.7 Å². The summed E-state index contributed by atoms with van der Waals surface area (Å²) in [5, 5.41) is 2.02. The first kappa shape index (κ1) is 25.3. The van der Waals surface area contributed by atoms with Crippen molar-refractivity contribution in [3.8, 4) is 22.1 Å². The summed E-state index contributed by atoms with van der Waals surface area (Å²) < 4.78 is 100. The molecule has 3 rings (SSSR count). The second-order valence-corrected chi connectivity index (χ2v) is 7.74. The van der Waals surface area contributed by atoms with E-state index in [1.165, 1.54) is 25.3 Å². The molecular formula is C21H15F7N2O3S. The summed E-state index contributed by atoms with van der Waals surface area (Å²) in [6.45, 7) is -0.178. The maximum Gasteiger partial charge on any atom is 0.573 e. The number of aromatic nitrogens is 1. The quantitative estimate of drug-likeness (QED) is 0.407. The van der Waals surface area contributed by atoms with Crippen molar-refractivity contribution < 1.29 is 45.0 Å². The SMILES string of the molecule is COc1ccc(F)cc1-c1nc(C(F)(F)F)c(C(=O)NCCc2cccc(OC(F)(F)F)c2)s1. The number of benzene rings is 2. The van der Waals surface area contributed by atoms with Crippen LogP contribution in [0, 0.1) is 5.82 Å². The lowest BCUT2D eigenvalue weighted by Gasteiger charge is -2.10. The van der Waals surface area contributed by atoms with E-state index < -0.39 is 40.6 Å². The van der Waals surface area contributed by atoms with Gasteiger partial charge in [-0.1, -0.05) is 12.1 Å². The van der Waals surface area contributed by atoms with E-state index in [2.05, 4.69) is 15.0 Å². The van der Waals surface area contributed by atoms with E-state index in [-0.39, 0.29) is 29.3 Å². The predicted molar refractivity (Wildman–Crippen MR) is 108 cm³/mol.